The van der Waals surface area contributed by atoms with E-state index in [1.54, 1.807) is 0 Å². The van der Waals surface area contributed by atoms with E-state index in [-0.39, 0.29) is 52.1 Å². The van der Waals surface area contributed by atoms with Crippen LogP contribution in [0.2, 0.25) is 0 Å². The Kier molecular flexibility index (Phi) is 7.92. The van der Waals surface area contributed by atoms with Gasteiger partial charge in [-0.2, -0.15) is 8.42 Å². The van der Waals surface area contributed by atoms with Gasteiger partial charge in [0.25, 0.3) is 10.1 Å². The highest BCUT2D eigenvalue weighted by Gasteiger charge is 2.51. The molecule has 3 rings (SSSR count). The number of carboxylic acids is 1. The molecule has 4 unspecified atom stereocenters. The number of aromatic carboxylic acids is 1. The van der Waals surface area contributed by atoms with Crippen molar-refractivity contribution in [2.45, 2.75) is 38.0 Å². The summed E-state index contributed by atoms with van der Waals surface area (Å²) in [5.41, 5.74) is -0.697. The Morgan fingerprint density at radius 1 is 0.941 bits per heavy atom. The lowest BCUT2D eigenvalue weighted by Crippen LogP contribution is -2.37. The summed E-state index contributed by atoms with van der Waals surface area (Å²) < 4.78 is 40.9. The van der Waals surface area contributed by atoms with Crippen LogP contribution >= 0.6 is 0 Å². The molecule has 1 aromatic carbocycles. The van der Waals surface area contributed by atoms with E-state index in [2.05, 4.69) is 0 Å². The minimum atomic E-state index is -4.24. The number of carbonyl (C=O) groups is 3. The molecule has 1 aromatic rings. The molecule has 2 aliphatic rings. The molecular formula is C20H20B4O9S. The van der Waals surface area contributed by atoms with Gasteiger partial charge in [-0.3, -0.25) is 9.35 Å². The Morgan fingerprint density at radius 3 is 2.09 bits per heavy atom. The number of hydrogen-bond donors (Lipinski definition) is 2. The average Bonchev–Trinajstić information content (AvgIpc) is 3.32. The number of fused-ring (bicyclic) bond motifs is 2. The van der Waals surface area contributed by atoms with Crippen molar-refractivity contribution < 1.29 is 41.9 Å². The van der Waals surface area contributed by atoms with Gasteiger partial charge in [0.05, 0.1) is 32.7 Å². The van der Waals surface area contributed by atoms with Crippen molar-refractivity contribution in [2.75, 3.05) is 12.4 Å². The van der Waals surface area contributed by atoms with E-state index in [4.69, 9.17) is 45.4 Å². The number of carbonyl (C=O) groups excluding carboxylic acids is 2. The SMILES string of the molecule is [B]Cc1c([B])c(C[B])c(C(=O)OC2CC3CC2CC3C(=O)OCCS(=O)(=O)O)c(C(=O)O)c1[B]. The molecule has 0 aromatic heterocycles. The summed E-state index contributed by atoms with van der Waals surface area (Å²) in [7, 11) is 19.2. The molecule has 2 bridgehead atoms. The molecule has 0 amide bonds. The highest BCUT2D eigenvalue weighted by Crippen LogP contribution is 2.50. The summed E-state index contributed by atoms with van der Waals surface area (Å²) in [6.07, 6.45) is 0.345. The average molecular weight is 480 g/mol. The van der Waals surface area contributed by atoms with Gasteiger partial charge >= 0.3 is 17.9 Å². The third kappa shape index (κ3) is 5.22. The van der Waals surface area contributed by atoms with Crippen LogP contribution in [0.25, 0.3) is 0 Å². The van der Waals surface area contributed by atoms with Gasteiger partial charge in [-0.1, -0.05) is 29.1 Å². The first-order valence-corrected chi connectivity index (χ1v) is 12.2. The summed E-state index contributed by atoms with van der Waals surface area (Å²) in [4.78, 5) is 37.3. The van der Waals surface area contributed by atoms with E-state index < -0.39 is 58.0 Å². The Balaban J connectivity index is 1.74. The molecule has 172 valence electrons. The van der Waals surface area contributed by atoms with Crippen LogP contribution in [0, 0.1) is 17.8 Å². The topological polar surface area (TPSA) is 144 Å². The molecule has 2 saturated carbocycles. The van der Waals surface area contributed by atoms with E-state index in [1.807, 2.05) is 0 Å². The molecule has 2 N–H and O–H groups in total. The third-order valence-corrected chi connectivity index (χ3v) is 7.24. The molecule has 2 fully saturated rings. The molecule has 0 spiro atoms. The highest BCUT2D eigenvalue weighted by atomic mass is 32.2. The van der Waals surface area contributed by atoms with Crippen molar-refractivity contribution in [1.29, 1.82) is 0 Å². The van der Waals surface area contributed by atoms with Gasteiger partial charge in [-0.15, -0.1) is 0 Å². The van der Waals surface area contributed by atoms with Crippen molar-refractivity contribution >= 4 is 70.3 Å². The smallest absolute Gasteiger partial charge is 0.339 e. The van der Waals surface area contributed by atoms with Gasteiger partial charge in [0, 0.05) is 0 Å². The number of esters is 2. The number of benzene rings is 1. The monoisotopic (exact) mass is 480 g/mol. The fourth-order valence-corrected chi connectivity index (χ4v) is 5.28. The summed E-state index contributed by atoms with van der Waals surface area (Å²) in [5.74, 6) is -4.43. The fourth-order valence-electron chi connectivity index (χ4n) is 4.98. The van der Waals surface area contributed by atoms with Crippen molar-refractivity contribution in [3.05, 3.63) is 22.3 Å². The van der Waals surface area contributed by atoms with Crippen molar-refractivity contribution in [3.63, 3.8) is 0 Å². The molecule has 34 heavy (non-hydrogen) atoms. The van der Waals surface area contributed by atoms with Gasteiger partial charge in [0.1, 0.15) is 34.2 Å². The molecular weight excluding hydrogens is 460 g/mol. The van der Waals surface area contributed by atoms with Crippen LogP contribution in [0.5, 0.6) is 0 Å². The van der Waals surface area contributed by atoms with Crippen molar-refractivity contribution in [3.8, 4) is 0 Å². The minimum absolute atomic E-state index is 0.0418. The number of rotatable bonds is 9. The molecule has 8 radical (unpaired) electrons. The normalized spacial score (nSPS) is 23.6. The van der Waals surface area contributed by atoms with Crippen LogP contribution in [0.15, 0.2) is 0 Å². The second-order valence-corrected chi connectivity index (χ2v) is 10.1. The van der Waals surface area contributed by atoms with Gasteiger partial charge in [-0.05, 0) is 36.7 Å². The lowest BCUT2D eigenvalue weighted by Gasteiger charge is -2.28. The molecule has 9 nitrogen and oxygen atoms in total. The van der Waals surface area contributed by atoms with Crippen LogP contribution in [0.1, 0.15) is 51.1 Å². The third-order valence-electron chi connectivity index (χ3n) is 6.56. The lowest BCUT2D eigenvalue weighted by molar-refractivity contribution is -0.150. The van der Waals surface area contributed by atoms with E-state index >= 15 is 0 Å². The summed E-state index contributed by atoms with van der Waals surface area (Å²) >= 11 is 0. The summed E-state index contributed by atoms with van der Waals surface area (Å²) in [6, 6.07) is 0. The first kappa shape index (κ1) is 26.4. The Hall–Kier alpha value is -2.20. The zero-order chi connectivity index (χ0) is 25.4. The van der Waals surface area contributed by atoms with E-state index in [0.717, 1.165) is 0 Å². The maximum Gasteiger partial charge on any atom is 0.339 e. The number of carboxylic acid groups (broad SMARTS) is 1. The second kappa shape index (κ2) is 10.2. The predicted molar refractivity (Wildman–Crippen MR) is 124 cm³/mol. The molecule has 0 aliphatic heterocycles. The molecule has 4 atom stereocenters. The Bertz CT molecular complexity index is 1120. The van der Waals surface area contributed by atoms with E-state index in [1.165, 1.54) is 0 Å². The lowest BCUT2D eigenvalue weighted by atomic mass is 9.68. The van der Waals surface area contributed by atoms with Gasteiger partial charge in [0.15, 0.2) is 0 Å². The van der Waals surface area contributed by atoms with E-state index in [0.29, 0.717) is 19.3 Å². The Morgan fingerprint density at radius 2 is 1.59 bits per heavy atom. The van der Waals surface area contributed by atoms with Gasteiger partial charge < -0.3 is 14.6 Å². The molecule has 14 heteroatoms. The van der Waals surface area contributed by atoms with Crippen LogP contribution in [0.3, 0.4) is 0 Å². The molecule has 0 heterocycles. The second-order valence-electron chi connectivity index (χ2n) is 8.48. The zero-order valence-electron chi connectivity index (χ0n) is 18.2. The van der Waals surface area contributed by atoms with Crippen molar-refractivity contribution in [1.82, 2.24) is 0 Å². The number of hydrogen-bond acceptors (Lipinski definition) is 7. The van der Waals surface area contributed by atoms with Crippen LogP contribution in [0.4, 0.5) is 0 Å². The standard InChI is InChI=1S/C20H20B4O9S/c21-6-11-14(15(18(25)26)17(24)12(7-22)16(11)23)20(28)33-13-5-8-3-9(13)4-10(8)19(27)32-1-2-34(29,30)31/h8-10,13H,1-7H2,(H,25,26)(H,29,30,31). The fraction of sp³-hybridized carbons (Fsp3) is 0.550. The Labute approximate surface area is 202 Å². The largest absolute Gasteiger partial charge is 0.478 e. The predicted octanol–water partition coefficient (Wildman–Crippen LogP) is -1.69. The van der Waals surface area contributed by atoms with Gasteiger partial charge in [0.2, 0.25) is 0 Å². The van der Waals surface area contributed by atoms with Crippen molar-refractivity contribution in [2.24, 2.45) is 17.8 Å². The first-order valence-electron chi connectivity index (χ1n) is 10.6. The first-order chi connectivity index (χ1) is 15.9. The molecule has 0 saturated heterocycles. The molecule has 2 aliphatic carbocycles. The summed E-state index contributed by atoms with van der Waals surface area (Å²) in [6.45, 7) is -0.453. The summed E-state index contributed by atoms with van der Waals surface area (Å²) in [5, 5.41) is 9.69. The minimum Gasteiger partial charge on any atom is -0.478 e. The van der Waals surface area contributed by atoms with E-state index in [9.17, 15) is 27.9 Å². The highest BCUT2D eigenvalue weighted by molar-refractivity contribution is 7.85. The number of ether oxygens (including phenoxy) is 2. The van der Waals surface area contributed by atoms with Crippen LogP contribution in [-0.4, -0.2) is 85.8 Å². The quantitative estimate of drug-likeness (QED) is 0.241. The van der Waals surface area contributed by atoms with Gasteiger partial charge in [-0.25, -0.2) is 9.59 Å². The maximum absolute atomic E-state index is 13.1. The maximum atomic E-state index is 13.1. The van der Waals surface area contributed by atoms with Crippen LogP contribution in [-0.2, 0) is 37.0 Å². The van der Waals surface area contributed by atoms with Crippen LogP contribution < -0.4 is 10.9 Å². The zero-order valence-corrected chi connectivity index (χ0v) is 19.0.